The summed E-state index contributed by atoms with van der Waals surface area (Å²) in [5.41, 5.74) is 2.83. The molecule has 0 aliphatic carbocycles. The first-order chi connectivity index (χ1) is 9.65. The van der Waals surface area contributed by atoms with Crippen molar-refractivity contribution in [2.24, 2.45) is 7.05 Å². The van der Waals surface area contributed by atoms with Crippen molar-refractivity contribution in [1.29, 1.82) is 0 Å². The minimum absolute atomic E-state index is 0.208. The fourth-order valence-electron chi connectivity index (χ4n) is 2.08. The zero-order chi connectivity index (χ0) is 14.1. The van der Waals surface area contributed by atoms with Gasteiger partial charge in [-0.25, -0.2) is 4.98 Å². The Morgan fingerprint density at radius 3 is 2.95 bits per heavy atom. The van der Waals surface area contributed by atoms with E-state index in [0.29, 0.717) is 11.3 Å². The van der Waals surface area contributed by atoms with Crippen molar-refractivity contribution in [3.63, 3.8) is 0 Å². The van der Waals surface area contributed by atoms with E-state index in [1.54, 1.807) is 29.2 Å². The van der Waals surface area contributed by atoms with E-state index in [4.69, 9.17) is 0 Å². The molecule has 6 heteroatoms. The molecule has 3 aromatic rings. The Bertz CT molecular complexity index is 779. The molecule has 6 nitrogen and oxygen atoms in total. The Morgan fingerprint density at radius 2 is 2.20 bits per heavy atom. The summed E-state index contributed by atoms with van der Waals surface area (Å²) in [4.78, 5) is 20.3. The summed E-state index contributed by atoms with van der Waals surface area (Å²) in [5, 5.41) is 8.04. The van der Waals surface area contributed by atoms with Crippen LogP contribution in [0.2, 0.25) is 0 Å². The van der Waals surface area contributed by atoms with Gasteiger partial charge < -0.3 is 5.32 Å². The standard InChI is InChI=1S/C14H13N5O/c1-9-12-6-11(8-16-13(12)19(2)18-9)17-14(20)10-4-3-5-15-7-10/h3-8H,1-2H3,(H,17,20). The number of pyridine rings is 2. The highest BCUT2D eigenvalue weighted by Gasteiger charge is 2.10. The number of nitrogens with zero attached hydrogens (tertiary/aromatic N) is 4. The topological polar surface area (TPSA) is 72.7 Å². The Labute approximate surface area is 115 Å². The van der Waals surface area contributed by atoms with Gasteiger partial charge in [-0.1, -0.05) is 0 Å². The van der Waals surface area contributed by atoms with E-state index in [1.807, 2.05) is 20.0 Å². The predicted octanol–water partition coefficient (Wildman–Crippen LogP) is 1.92. The molecule has 0 spiro atoms. The van der Waals surface area contributed by atoms with E-state index >= 15 is 0 Å². The second-order valence-electron chi connectivity index (χ2n) is 4.50. The van der Waals surface area contributed by atoms with Gasteiger partial charge in [0, 0.05) is 24.8 Å². The molecule has 0 bridgehead atoms. The molecule has 0 aliphatic heterocycles. The van der Waals surface area contributed by atoms with Gasteiger partial charge in [0.1, 0.15) is 0 Å². The summed E-state index contributed by atoms with van der Waals surface area (Å²) in [7, 11) is 1.84. The molecule has 3 aromatic heterocycles. The number of hydrogen-bond donors (Lipinski definition) is 1. The maximum Gasteiger partial charge on any atom is 0.257 e. The number of nitrogens with one attached hydrogen (secondary N) is 1. The number of anilines is 1. The first kappa shape index (κ1) is 12.3. The molecular formula is C14H13N5O. The Balaban J connectivity index is 1.92. The molecule has 0 aliphatic rings. The van der Waals surface area contributed by atoms with Crippen LogP contribution in [0, 0.1) is 6.92 Å². The smallest absolute Gasteiger partial charge is 0.257 e. The van der Waals surface area contributed by atoms with Gasteiger partial charge in [0.05, 0.1) is 23.1 Å². The maximum absolute atomic E-state index is 12.0. The van der Waals surface area contributed by atoms with Crippen LogP contribution in [0.25, 0.3) is 11.0 Å². The fraction of sp³-hybridized carbons (Fsp3) is 0.143. The van der Waals surface area contributed by atoms with Crippen LogP contribution in [0.15, 0.2) is 36.8 Å². The minimum Gasteiger partial charge on any atom is -0.321 e. The maximum atomic E-state index is 12.0. The third-order valence-corrected chi connectivity index (χ3v) is 3.04. The molecule has 0 aromatic carbocycles. The average Bonchev–Trinajstić information content (AvgIpc) is 2.75. The highest BCUT2D eigenvalue weighted by atomic mass is 16.1. The van der Waals surface area contributed by atoms with Gasteiger partial charge in [0.2, 0.25) is 0 Å². The molecular weight excluding hydrogens is 254 g/mol. The van der Waals surface area contributed by atoms with Gasteiger partial charge in [-0.15, -0.1) is 0 Å². The van der Waals surface area contributed by atoms with Gasteiger partial charge in [0.15, 0.2) is 5.65 Å². The molecule has 0 unspecified atom stereocenters. The predicted molar refractivity (Wildman–Crippen MR) is 75.4 cm³/mol. The van der Waals surface area contributed by atoms with E-state index in [0.717, 1.165) is 16.7 Å². The lowest BCUT2D eigenvalue weighted by atomic mass is 10.2. The second kappa shape index (κ2) is 4.73. The number of aromatic nitrogens is 4. The van der Waals surface area contributed by atoms with Crippen LogP contribution < -0.4 is 5.32 Å². The van der Waals surface area contributed by atoms with Crippen molar-refractivity contribution in [3.05, 3.63) is 48.0 Å². The normalized spacial score (nSPS) is 10.7. The number of aryl methyl sites for hydroxylation is 2. The van der Waals surface area contributed by atoms with Crippen LogP contribution in [0.4, 0.5) is 5.69 Å². The van der Waals surface area contributed by atoms with Crippen molar-refractivity contribution in [1.82, 2.24) is 19.7 Å². The lowest BCUT2D eigenvalue weighted by molar-refractivity contribution is 0.102. The van der Waals surface area contributed by atoms with Gasteiger partial charge in [-0.2, -0.15) is 5.10 Å². The summed E-state index contributed by atoms with van der Waals surface area (Å²) in [5.74, 6) is -0.208. The van der Waals surface area contributed by atoms with Crippen LogP contribution in [-0.4, -0.2) is 25.7 Å². The molecule has 0 fully saturated rings. The van der Waals surface area contributed by atoms with Crippen molar-refractivity contribution >= 4 is 22.6 Å². The molecule has 3 heterocycles. The molecule has 0 saturated carbocycles. The molecule has 20 heavy (non-hydrogen) atoms. The monoisotopic (exact) mass is 267 g/mol. The van der Waals surface area contributed by atoms with Crippen molar-refractivity contribution < 1.29 is 4.79 Å². The van der Waals surface area contributed by atoms with Crippen molar-refractivity contribution in [2.45, 2.75) is 6.92 Å². The fourth-order valence-corrected chi connectivity index (χ4v) is 2.08. The van der Waals surface area contributed by atoms with Crippen LogP contribution in [0.1, 0.15) is 16.1 Å². The van der Waals surface area contributed by atoms with Crippen LogP contribution in [0.3, 0.4) is 0 Å². The Hall–Kier alpha value is -2.76. The SMILES string of the molecule is Cc1nn(C)c2ncc(NC(=O)c3cccnc3)cc12. The van der Waals surface area contributed by atoms with Crippen LogP contribution in [-0.2, 0) is 7.05 Å². The quantitative estimate of drug-likeness (QED) is 0.770. The molecule has 1 amide bonds. The molecule has 0 radical (unpaired) electrons. The number of hydrogen-bond acceptors (Lipinski definition) is 4. The van der Waals surface area contributed by atoms with Gasteiger partial charge in [-0.3, -0.25) is 14.5 Å². The van der Waals surface area contributed by atoms with Gasteiger partial charge in [-0.05, 0) is 25.1 Å². The molecule has 1 N–H and O–H groups in total. The van der Waals surface area contributed by atoms with E-state index in [-0.39, 0.29) is 5.91 Å². The first-order valence-electron chi connectivity index (χ1n) is 6.16. The molecule has 100 valence electrons. The van der Waals surface area contributed by atoms with Crippen LogP contribution >= 0.6 is 0 Å². The summed E-state index contributed by atoms with van der Waals surface area (Å²) in [6.45, 7) is 1.91. The molecule has 3 rings (SSSR count). The minimum atomic E-state index is -0.208. The summed E-state index contributed by atoms with van der Waals surface area (Å²) >= 11 is 0. The number of rotatable bonds is 2. The summed E-state index contributed by atoms with van der Waals surface area (Å²) < 4.78 is 1.72. The van der Waals surface area contributed by atoms with E-state index in [9.17, 15) is 4.79 Å². The average molecular weight is 267 g/mol. The third kappa shape index (κ3) is 2.11. The molecule has 0 atom stereocenters. The Kier molecular flexibility index (Phi) is 2.90. The van der Waals surface area contributed by atoms with Crippen LogP contribution in [0.5, 0.6) is 0 Å². The third-order valence-electron chi connectivity index (χ3n) is 3.04. The molecule has 0 saturated heterocycles. The lowest BCUT2D eigenvalue weighted by Crippen LogP contribution is -2.12. The van der Waals surface area contributed by atoms with Crippen molar-refractivity contribution in [2.75, 3.05) is 5.32 Å². The van der Waals surface area contributed by atoms with E-state index in [1.165, 1.54) is 6.20 Å². The largest absolute Gasteiger partial charge is 0.321 e. The first-order valence-corrected chi connectivity index (χ1v) is 6.16. The number of carbonyl (C=O) groups is 1. The van der Waals surface area contributed by atoms with E-state index < -0.39 is 0 Å². The second-order valence-corrected chi connectivity index (χ2v) is 4.50. The summed E-state index contributed by atoms with van der Waals surface area (Å²) in [6.07, 6.45) is 4.78. The van der Waals surface area contributed by atoms with Crippen molar-refractivity contribution in [3.8, 4) is 0 Å². The van der Waals surface area contributed by atoms with Gasteiger partial charge in [0.25, 0.3) is 5.91 Å². The van der Waals surface area contributed by atoms with Gasteiger partial charge >= 0.3 is 0 Å². The number of amides is 1. The zero-order valence-corrected chi connectivity index (χ0v) is 11.2. The highest BCUT2D eigenvalue weighted by molar-refractivity contribution is 6.04. The lowest BCUT2D eigenvalue weighted by Gasteiger charge is -2.04. The number of carbonyl (C=O) groups excluding carboxylic acids is 1. The zero-order valence-electron chi connectivity index (χ0n) is 11.2. The van der Waals surface area contributed by atoms with E-state index in [2.05, 4.69) is 20.4 Å². The summed E-state index contributed by atoms with van der Waals surface area (Å²) in [6, 6.07) is 5.31. The number of fused-ring (bicyclic) bond motifs is 1. The Morgan fingerprint density at radius 1 is 1.35 bits per heavy atom. The highest BCUT2D eigenvalue weighted by Crippen LogP contribution is 2.19.